The number of benzene rings is 1. The first-order valence-corrected chi connectivity index (χ1v) is 6.16. The highest BCUT2D eigenvalue weighted by Gasteiger charge is 2.29. The molecule has 0 amide bonds. The number of carbonyl (C=O) groups excluding carboxylic acids is 1. The van der Waals surface area contributed by atoms with Crippen molar-refractivity contribution in [2.24, 2.45) is 5.92 Å². The normalized spacial score (nSPS) is 14.9. The van der Waals surface area contributed by atoms with Crippen LogP contribution in [0.25, 0.3) is 0 Å². The molecule has 0 saturated heterocycles. The Balaban J connectivity index is 2.80. The molecule has 100 valence electrons. The predicted octanol–water partition coefficient (Wildman–Crippen LogP) is 3.35. The molecule has 0 aliphatic rings. The summed E-state index contributed by atoms with van der Waals surface area (Å²) in [7, 11) is 1.61. The van der Waals surface area contributed by atoms with E-state index in [4.69, 9.17) is 9.47 Å². The molecule has 0 N–H and O–H groups in total. The highest BCUT2D eigenvalue weighted by molar-refractivity contribution is 5.73. The van der Waals surface area contributed by atoms with Gasteiger partial charge in [-0.3, -0.25) is 4.79 Å². The van der Waals surface area contributed by atoms with Crippen LogP contribution in [0.3, 0.4) is 0 Å². The van der Waals surface area contributed by atoms with E-state index in [1.807, 2.05) is 58.0 Å². The number of hydrogen-bond acceptors (Lipinski definition) is 3. The average molecular weight is 250 g/mol. The topological polar surface area (TPSA) is 35.5 Å². The minimum absolute atomic E-state index is 0.238. The summed E-state index contributed by atoms with van der Waals surface area (Å²) in [6.45, 7) is 7.42. The Morgan fingerprint density at radius 1 is 1.17 bits per heavy atom. The zero-order valence-corrected chi connectivity index (χ0v) is 11.8. The lowest BCUT2D eigenvalue weighted by atomic mass is 9.97. The van der Waals surface area contributed by atoms with E-state index in [0.717, 1.165) is 5.56 Å². The van der Waals surface area contributed by atoms with Gasteiger partial charge in [-0.15, -0.1) is 0 Å². The molecule has 18 heavy (non-hydrogen) atoms. The predicted molar refractivity (Wildman–Crippen MR) is 71.2 cm³/mol. The summed E-state index contributed by atoms with van der Waals surface area (Å²) in [6.07, 6.45) is -0.277. The van der Waals surface area contributed by atoms with Gasteiger partial charge in [-0.2, -0.15) is 0 Å². The number of hydrogen-bond donors (Lipinski definition) is 0. The lowest BCUT2D eigenvalue weighted by molar-refractivity contribution is -0.164. The number of carbonyl (C=O) groups is 1. The minimum atomic E-state index is -0.472. The smallest absolute Gasteiger partial charge is 0.312 e. The third kappa shape index (κ3) is 4.15. The maximum Gasteiger partial charge on any atom is 0.312 e. The van der Waals surface area contributed by atoms with Gasteiger partial charge < -0.3 is 9.47 Å². The van der Waals surface area contributed by atoms with Gasteiger partial charge in [-0.25, -0.2) is 0 Å². The summed E-state index contributed by atoms with van der Waals surface area (Å²) in [4.78, 5) is 12.0. The zero-order valence-electron chi connectivity index (χ0n) is 11.8. The van der Waals surface area contributed by atoms with Crippen molar-refractivity contribution in [1.29, 1.82) is 0 Å². The fourth-order valence-corrected chi connectivity index (χ4v) is 1.79. The quantitative estimate of drug-likeness (QED) is 0.769. The van der Waals surface area contributed by atoms with Crippen LogP contribution < -0.4 is 0 Å². The van der Waals surface area contributed by atoms with Crippen LogP contribution in [0.15, 0.2) is 30.3 Å². The Morgan fingerprint density at radius 2 is 1.72 bits per heavy atom. The van der Waals surface area contributed by atoms with Gasteiger partial charge >= 0.3 is 5.97 Å². The van der Waals surface area contributed by atoms with E-state index in [-0.39, 0.29) is 18.0 Å². The number of methoxy groups -OCH3 is 1. The summed E-state index contributed by atoms with van der Waals surface area (Å²) >= 11 is 0. The van der Waals surface area contributed by atoms with E-state index in [0.29, 0.717) is 0 Å². The van der Waals surface area contributed by atoms with Gasteiger partial charge in [-0.1, -0.05) is 30.3 Å². The van der Waals surface area contributed by atoms with Gasteiger partial charge in [0.1, 0.15) is 5.60 Å². The highest BCUT2D eigenvalue weighted by atomic mass is 16.6. The van der Waals surface area contributed by atoms with Crippen LogP contribution in [0, 0.1) is 5.92 Å². The lowest BCUT2D eigenvalue weighted by Crippen LogP contribution is -2.30. The molecule has 0 radical (unpaired) electrons. The van der Waals surface area contributed by atoms with E-state index in [9.17, 15) is 4.79 Å². The molecule has 1 aromatic carbocycles. The number of rotatable bonds is 4. The minimum Gasteiger partial charge on any atom is -0.460 e. The first-order valence-electron chi connectivity index (χ1n) is 6.16. The second-order valence-corrected chi connectivity index (χ2v) is 5.39. The molecule has 0 aliphatic heterocycles. The summed E-state index contributed by atoms with van der Waals surface area (Å²) in [5.74, 6) is -0.574. The fourth-order valence-electron chi connectivity index (χ4n) is 1.79. The van der Waals surface area contributed by atoms with E-state index in [1.54, 1.807) is 7.11 Å². The molecule has 0 heterocycles. The Bertz CT molecular complexity index is 378. The lowest BCUT2D eigenvalue weighted by Gasteiger charge is -2.26. The van der Waals surface area contributed by atoms with Crippen LogP contribution >= 0.6 is 0 Å². The van der Waals surface area contributed by atoms with Crippen LogP contribution in [0.4, 0.5) is 0 Å². The van der Waals surface area contributed by atoms with Crippen LogP contribution in [0.5, 0.6) is 0 Å². The molecule has 2 atom stereocenters. The molecular weight excluding hydrogens is 228 g/mol. The van der Waals surface area contributed by atoms with Crippen molar-refractivity contribution in [2.75, 3.05) is 7.11 Å². The second kappa shape index (κ2) is 6.01. The molecule has 3 heteroatoms. The first kappa shape index (κ1) is 14.7. The zero-order chi connectivity index (χ0) is 13.8. The molecule has 0 unspecified atom stereocenters. The van der Waals surface area contributed by atoms with Gasteiger partial charge in [0, 0.05) is 7.11 Å². The molecule has 0 saturated carbocycles. The second-order valence-electron chi connectivity index (χ2n) is 5.39. The largest absolute Gasteiger partial charge is 0.460 e. The fraction of sp³-hybridized carbons (Fsp3) is 0.533. The van der Waals surface area contributed by atoms with Crippen LogP contribution in [-0.4, -0.2) is 18.7 Å². The van der Waals surface area contributed by atoms with E-state index < -0.39 is 5.60 Å². The standard InChI is InChI=1S/C15H22O3/c1-11(14(16)18-15(2,3)4)13(17-5)12-9-7-6-8-10-12/h6-11,13H,1-5H3/t11-,13-/m1/s1. The molecule has 1 aromatic rings. The van der Waals surface area contributed by atoms with Crippen molar-refractivity contribution < 1.29 is 14.3 Å². The number of esters is 1. The van der Waals surface area contributed by atoms with Crippen molar-refractivity contribution in [2.45, 2.75) is 39.4 Å². The van der Waals surface area contributed by atoms with Gasteiger partial charge in [0.2, 0.25) is 0 Å². The third-order valence-corrected chi connectivity index (χ3v) is 2.61. The highest BCUT2D eigenvalue weighted by Crippen LogP contribution is 2.27. The molecule has 0 fully saturated rings. The Hall–Kier alpha value is -1.35. The molecule has 0 spiro atoms. The van der Waals surface area contributed by atoms with Gasteiger partial charge in [0.05, 0.1) is 12.0 Å². The molecular formula is C15H22O3. The van der Waals surface area contributed by atoms with E-state index in [2.05, 4.69) is 0 Å². The van der Waals surface area contributed by atoms with Gasteiger partial charge in [-0.05, 0) is 33.3 Å². The van der Waals surface area contributed by atoms with Crippen LogP contribution in [-0.2, 0) is 14.3 Å². The van der Waals surface area contributed by atoms with E-state index >= 15 is 0 Å². The summed E-state index contributed by atoms with van der Waals surface area (Å²) < 4.78 is 10.8. The van der Waals surface area contributed by atoms with Crippen molar-refractivity contribution in [3.05, 3.63) is 35.9 Å². The number of ether oxygens (including phenoxy) is 2. The summed E-state index contributed by atoms with van der Waals surface area (Å²) in [5, 5.41) is 0. The SMILES string of the molecule is CO[C@@H](c1ccccc1)[C@@H](C)C(=O)OC(C)(C)C. The Kier molecular flexibility index (Phi) is 4.91. The van der Waals surface area contributed by atoms with Crippen molar-refractivity contribution in [1.82, 2.24) is 0 Å². The van der Waals surface area contributed by atoms with Crippen LogP contribution in [0.2, 0.25) is 0 Å². The Morgan fingerprint density at radius 3 is 2.17 bits per heavy atom. The van der Waals surface area contributed by atoms with Gasteiger partial charge in [0.25, 0.3) is 0 Å². The van der Waals surface area contributed by atoms with Crippen molar-refractivity contribution in [3.8, 4) is 0 Å². The summed E-state index contributed by atoms with van der Waals surface area (Å²) in [6, 6.07) is 9.71. The molecule has 0 aliphatic carbocycles. The van der Waals surface area contributed by atoms with Gasteiger partial charge in [0.15, 0.2) is 0 Å². The maximum atomic E-state index is 12.0. The average Bonchev–Trinajstić information content (AvgIpc) is 2.29. The van der Waals surface area contributed by atoms with E-state index in [1.165, 1.54) is 0 Å². The third-order valence-electron chi connectivity index (χ3n) is 2.61. The van der Waals surface area contributed by atoms with Crippen molar-refractivity contribution in [3.63, 3.8) is 0 Å². The maximum absolute atomic E-state index is 12.0. The molecule has 1 rings (SSSR count). The Labute approximate surface area is 109 Å². The van der Waals surface area contributed by atoms with Crippen molar-refractivity contribution >= 4 is 5.97 Å². The van der Waals surface area contributed by atoms with Crippen LogP contribution in [0.1, 0.15) is 39.4 Å². The monoisotopic (exact) mass is 250 g/mol. The molecule has 0 aromatic heterocycles. The first-order chi connectivity index (χ1) is 8.35. The summed E-state index contributed by atoms with van der Waals surface area (Å²) in [5.41, 5.74) is 0.513. The molecule has 3 nitrogen and oxygen atoms in total. The molecule has 0 bridgehead atoms.